The SMILES string of the molecule is CC#CC1CCC2(Cc3ccccc3)c3ccc(O)cc3CCCC2C1. The van der Waals surface area contributed by atoms with Crippen LogP contribution in [0.3, 0.4) is 0 Å². The van der Waals surface area contributed by atoms with E-state index in [1.807, 2.05) is 19.1 Å². The number of benzene rings is 2. The maximum absolute atomic E-state index is 10.0. The van der Waals surface area contributed by atoms with Crippen LogP contribution < -0.4 is 0 Å². The van der Waals surface area contributed by atoms with Crippen LogP contribution in [0.2, 0.25) is 0 Å². The number of hydrogen-bond donors (Lipinski definition) is 1. The van der Waals surface area contributed by atoms with Crippen molar-refractivity contribution in [2.75, 3.05) is 0 Å². The van der Waals surface area contributed by atoms with Crippen molar-refractivity contribution in [1.29, 1.82) is 0 Å². The molecule has 1 fully saturated rings. The first kappa shape index (κ1) is 17.2. The summed E-state index contributed by atoms with van der Waals surface area (Å²) in [5, 5.41) is 10.0. The second-order valence-electron chi connectivity index (χ2n) is 8.11. The largest absolute Gasteiger partial charge is 0.508 e. The first-order valence-corrected chi connectivity index (χ1v) is 10.00. The minimum Gasteiger partial charge on any atom is -0.508 e. The molecule has 0 saturated heterocycles. The zero-order chi connectivity index (χ0) is 18.0. The summed E-state index contributed by atoms with van der Waals surface area (Å²) in [5.41, 5.74) is 4.47. The second-order valence-corrected chi connectivity index (χ2v) is 8.11. The Morgan fingerprint density at radius 3 is 2.77 bits per heavy atom. The lowest BCUT2D eigenvalue weighted by Crippen LogP contribution is -2.42. The van der Waals surface area contributed by atoms with E-state index in [2.05, 4.69) is 48.2 Å². The third kappa shape index (κ3) is 3.14. The molecule has 0 radical (unpaired) electrons. The predicted octanol–water partition coefficient (Wildman–Crippen LogP) is 5.65. The fourth-order valence-electron chi connectivity index (χ4n) is 5.51. The minimum atomic E-state index is 0.187. The molecule has 2 aliphatic carbocycles. The predicted molar refractivity (Wildman–Crippen MR) is 107 cm³/mol. The van der Waals surface area contributed by atoms with E-state index < -0.39 is 0 Å². The van der Waals surface area contributed by atoms with Crippen LogP contribution in [-0.2, 0) is 18.3 Å². The van der Waals surface area contributed by atoms with E-state index >= 15 is 0 Å². The first-order chi connectivity index (χ1) is 12.7. The Kier molecular flexibility index (Phi) is 4.77. The molecule has 4 rings (SSSR count). The van der Waals surface area contributed by atoms with Gasteiger partial charge in [-0.2, -0.15) is 0 Å². The van der Waals surface area contributed by atoms with Gasteiger partial charge in [-0.3, -0.25) is 0 Å². The number of phenols is 1. The number of fused-ring (bicyclic) bond motifs is 3. The van der Waals surface area contributed by atoms with Crippen molar-refractivity contribution in [2.45, 2.75) is 57.3 Å². The van der Waals surface area contributed by atoms with Gasteiger partial charge in [0, 0.05) is 11.3 Å². The van der Waals surface area contributed by atoms with Gasteiger partial charge in [0.1, 0.15) is 5.75 Å². The van der Waals surface area contributed by atoms with Crippen molar-refractivity contribution >= 4 is 0 Å². The average molecular weight is 344 g/mol. The molecule has 2 aliphatic rings. The maximum Gasteiger partial charge on any atom is 0.115 e. The fourth-order valence-corrected chi connectivity index (χ4v) is 5.51. The van der Waals surface area contributed by atoms with Gasteiger partial charge in [0.15, 0.2) is 0 Å². The average Bonchev–Trinajstić information content (AvgIpc) is 2.79. The lowest BCUT2D eigenvalue weighted by atomic mass is 9.57. The molecule has 1 N–H and O–H groups in total. The van der Waals surface area contributed by atoms with Gasteiger partial charge in [-0.1, -0.05) is 36.4 Å². The summed E-state index contributed by atoms with van der Waals surface area (Å²) in [6, 6.07) is 17.1. The molecular formula is C25H28O. The smallest absolute Gasteiger partial charge is 0.115 e. The number of aromatic hydroxyl groups is 1. The van der Waals surface area contributed by atoms with E-state index in [0.29, 0.717) is 17.6 Å². The van der Waals surface area contributed by atoms with E-state index in [0.717, 1.165) is 12.8 Å². The molecule has 0 amide bonds. The summed E-state index contributed by atoms with van der Waals surface area (Å²) >= 11 is 0. The van der Waals surface area contributed by atoms with Crippen molar-refractivity contribution in [3.8, 4) is 17.6 Å². The van der Waals surface area contributed by atoms with Gasteiger partial charge in [0.25, 0.3) is 0 Å². The molecule has 2 aromatic rings. The molecule has 1 saturated carbocycles. The van der Waals surface area contributed by atoms with E-state index in [9.17, 15) is 5.11 Å². The number of hydrogen-bond acceptors (Lipinski definition) is 1. The van der Waals surface area contributed by atoms with Gasteiger partial charge >= 0.3 is 0 Å². The van der Waals surface area contributed by atoms with E-state index in [4.69, 9.17) is 0 Å². The minimum absolute atomic E-state index is 0.187. The van der Waals surface area contributed by atoms with Crippen LogP contribution >= 0.6 is 0 Å². The first-order valence-electron chi connectivity index (χ1n) is 10.00. The fraction of sp³-hybridized carbons (Fsp3) is 0.440. The second kappa shape index (κ2) is 7.20. The molecule has 0 aromatic heterocycles. The van der Waals surface area contributed by atoms with Gasteiger partial charge < -0.3 is 5.11 Å². The Bertz CT molecular complexity index is 826. The van der Waals surface area contributed by atoms with Crippen molar-refractivity contribution in [1.82, 2.24) is 0 Å². The molecule has 2 aromatic carbocycles. The van der Waals surface area contributed by atoms with Crippen molar-refractivity contribution in [2.24, 2.45) is 11.8 Å². The summed E-state index contributed by atoms with van der Waals surface area (Å²) in [5.74, 6) is 8.24. The zero-order valence-electron chi connectivity index (χ0n) is 15.7. The molecular weight excluding hydrogens is 316 g/mol. The summed E-state index contributed by atoms with van der Waals surface area (Å²) in [6.07, 6.45) is 8.26. The quantitative estimate of drug-likeness (QED) is 0.698. The van der Waals surface area contributed by atoms with Gasteiger partial charge in [-0.25, -0.2) is 0 Å². The van der Waals surface area contributed by atoms with E-state index in [1.165, 1.54) is 48.8 Å². The third-order valence-electron chi connectivity index (χ3n) is 6.62. The highest BCUT2D eigenvalue weighted by Crippen LogP contribution is 2.52. The Labute approximate surface area is 157 Å². The van der Waals surface area contributed by atoms with Crippen LogP contribution in [0.15, 0.2) is 48.5 Å². The third-order valence-corrected chi connectivity index (χ3v) is 6.62. The lowest BCUT2D eigenvalue weighted by Gasteiger charge is -2.47. The highest BCUT2D eigenvalue weighted by molar-refractivity contribution is 5.43. The van der Waals surface area contributed by atoms with E-state index in [-0.39, 0.29) is 5.41 Å². The summed E-state index contributed by atoms with van der Waals surface area (Å²) < 4.78 is 0. The van der Waals surface area contributed by atoms with Crippen LogP contribution in [0.1, 0.15) is 55.7 Å². The van der Waals surface area contributed by atoms with Crippen molar-refractivity contribution < 1.29 is 5.11 Å². The van der Waals surface area contributed by atoms with Crippen molar-refractivity contribution in [3.05, 3.63) is 65.2 Å². The normalized spacial score (nSPS) is 27.4. The van der Waals surface area contributed by atoms with Crippen LogP contribution in [0.25, 0.3) is 0 Å². The maximum atomic E-state index is 10.0. The summed E-state index contributed by atoms with van der Waals surface area (Å²) in [4.78, 5) is 0. The van der Waals surface area contributed by atoms with Crippen LogP contribution in [0.4, 0.5) is 0 Å². The molecule has 134 valence electrons. The Balaban J connectivity index is 1.80. The molecule has 0 spiro atoms. The van der Waals surface area contributed by atoms with Crippen LogP contribution in [-0.4, -0.2) is 5.11 Å². The van der Waals surface area contributed by atoms with Gasteiger partial charge in [-0.05, 0) is 86.6 Å². The monoisotopic (exact) mass is 344 g/mol. The molecule has 26 heavy (non-hydrogen) atoms. The molecule has 0 aliphatic heterocycles. The Hall–Kier alpha value is -2.20. The molecule has 0 bridgehead atoms. The number of phenolic OH excluding ortho intramolecular Hbond substituents is 1. The molecule has 1 heteroatoms. The number of aryl methyl sites for hydroxylation is 1. The van der Waals surface area contributed by atoms with Crippen molar-refractivity contribution in [3.63, 3.8) is 0 Å². The van der Waals surface area contributed by atoms with E-state index in [1.54, 1.807) is 0 Å². The zero-order valence-corrected chi connectivity index (χ0v) is 15.7. The Morgan fingerprint density at radius 2 is 1.96 bits per heavy atom. The van der Waals surface area contributed by atoms with Gasteiger partial charge in [-0.15, -0.1) is 11.8 Å². The Morgan fingerprint density at radius 1 is 1.12 bits per heavy atom. The van der Waals surface area contributed by atoms with Gasteiger partial charge in [0.05, 0.1) is 0 Å². The van der Waals surface area contributed by atoms with Crippen LogP contribution in [0, 0.1) is 23.7 Å². The summed E-state index contributed by atoms with van der Waals surface area (Å²) in [6.45, 7) is 1.97. The molecule has 0 heterocycles. The highest BCUT2D eigenvalue weighted by atomic mass is 16.3. The molecule has 3 atom stereocenters. The number of rotatable bonds is 2. The topological polar surface area (TPSA) is 20.2 Å². The van der Waals surface area contributed by atoms with Crippen LogP contribution in [0.5, 0.6) is 5.75 Å². The lowest BCUT2D eigenvalue weighted by molar-refractivity contribution is 0.150. The standard InChI is InChI=1S/C25H28O/c1-2-7-19-14-15-25(18-20-8-4-3-5-9-20)22(16-19)11-6-10-21-17-23(26)12-13-24(21)25/h3-5,8-9,12-13,17,19,22,26H,6,10-11,14-16,18H2,1H3. The molecule has 3 unspecified atom stereocenters. The molecule has 1 nitrogen and oxygen atoms in total. The highest BCUT2D eigenvalue weighted by Gasteiger charge is 2.46. The van der Waals surface area contributed by atoms with Gasteiger partial charge in [0.2, 0.25) is 0 Å². The summed E-state index contributed by atoms with van der Waals surface area (Å²) in [7, 11) is 0.